The van der Waals surface area contributed by atoms with Crippen molar-refractivity contribution in [3.05, 3.63) is 64.4 Å². The second-order valence-corrected chi connectivity index (χ2v) is 8.01. The molecule has 1 fully saturated rings. The van der Waals surface area contributed by atoms with Crippen molar-refractivity contribution < 1.29 is 4.74 Å². The van der Waals surface area contributed by atoms with Crippen LogP contribution in [0.4, 0.5) is 5.82 Å². The molecule has 1 aliphatic rings. The predicted molar refractivity (Wildman–Crippen MR) is 117 cm³/mol. The molecule has 4 rings (SSSR count). The number of ether oxygens (including phenoxy) is 1. The third-order valence-electron chi connectivity index (χ3n) is 5.49. The van der Waals surface area contributed by atoms with Gasteiger partial charge in [0.1, 0.15) is 5.75 Å². The number of rotatable bonds is 8. The number of aryl methyl sites for hydroxylation is 1. The Morgan fingerprint density at radius 2 is 1.83 bits per heavy atom. The average Bonchev–Trinajstić information content (AvgIpc) is 3.55. The van der Waals surface area contributed by atoms with Gasteiger partial charge in [0.25, 0.3) is 5.56 Å². The SMILES string of the molecule is CN(C)C(CNc1nn(C)c(=O)c2ccccc12)c1ccc(OCC2CC2)cc1. The number of nitrogens with one attached hydrogen (secondary N) is 1. The minimum atomic E-state index is -0.0860. The molecule has 1 saturated carbocycles. The average molecular weight is 393 g/mol. The lowest BCUT2D eigenvalue weighted by Gasteiger charge is -2.26. The zero-order valence-electron chi connectivity index (χ0n) is 17.3. The summed E-state index contributed by atoms with van der Waals surface area (Å²) >= 11 is 0. The number of hydrogen-bond acceptors (Lipinski definition) is 5. The van der Waals surface area contributed by atoms with E-state index < -0.39 is 0 Å². The first-order valence-corrected chi connectivity index (χ1v) is 10.1. The van der Waals surface area contributed by atoms with Gasteiger partial charge in [-0.15, -0.1) is 0 Å². The summed E-state index contributed by atoms with van der Waals surface area (Å²) in [6.07, 6.45) is 2.58. The molecule has 0 spiro atoms. The van der Waals surface area contributed by atoms with Gasteiger partial charge in [-0.25, -0.2) is 4.68 Å². The molecule has 1 aliphatic carbocycles. The minimum absolute atomic E-state index is 0.0860. The van der Waals surface area contributed by atoms with Crippen LogP contribution in [-0.4, -0.2) is 41.9 Å². The van der Waals surface area contributed by atoms with Crippen molar-refractivity contribution in [2.24, 2.45) is 13.0 Å². The fourth-order valence-electron chi connectivity index (χ4n) is 3.51. The molecule has 0 aliphatic heterocycles. The lowest BCUT2D eigenvalue weighted by molar-refractivity contribution is 0.297. The highest BCUT2D eigenvalue weighted by Crippen LogP contribution is 2.30. The molecule has 29 heavy (non-hydrogen) atoms. The number of likely N-dealkylation sites (N-methyl/N-ethyl adjacent to an activating group) is 1. The molecule has 3 aromatic rings. The van der Waals surface area contributed by atoms with E-state index in [1.165, 1.54) is 23.1 Å². The molecule has 1 heterocycles. The zero-order valence-corrected chi connectivity index (χ0v) is 17.3. The van der Waals surface area contributed by atoms with Crippen LogP contribution in [0.2, 0.25) is 0 Å². The summed E-state index contributed by atoms with van der Waals surface area (Å²) in [7, 11) is 5.82. The van der Waals surface area contributed by atoms with Crippen molar-refractivity contribution in [1.29, 1.82) is 0 Å². The van der Waals surface area contributed by atoms with Crippen molar-refractivity contribution in [3.8, 4) is 5.75 Å². The van der Waals surface area contributed by atoms with Crippen molar-refractivity contribution in [2.75, 3.05) is 32.6 Å². The van der Waals surface area contributed by atoms with Gasteiger partial charge in [0.2, 0.25) is 0 Å². The van der Waals surface area contributed by atoms with E-state index in [9.17, 15) is 4.79 Å². The highest BCUT2D eigenvalue weighted by molar-refractivity contribution is 5.90. The van der Waals surface area contributed by atoms with Crippen LogP contribution in [-0.2, 0) is 7.05 Å². The Morgan fingerprint density at radius 3 is 2.48 bits per heavy atom. The van der Waals surface area contributed by atoms with Crippen LogP contribution in [0.25, 0.3) is 10.8 Å². The van der Waals surface area contributed by atoms with Crippen LogP contribution < -0.4 is 15.6 Å². The molecule has 2 aromatic carbocycles. The quantitative estimate of drug-likeness (QED) is 0.636. The van der Waals surface area contributed by atoms with Crippen LogP contribution in [0.3, 0.4) is 0 Å². The van der Waals surface area contributed by atoms with Gasteiger partial charge < -0.3 is 15.0 Å². The van der Waals surface area contributed by atoms with Gasteiger partial charge in [0.05, 0.1) is 18.0 Å². The molecule has 0 saturated heterocycles. The van der Waals surface area contributed by atoms with E-state index in [0.29, 0.717) is 11.9 Å². The standard InChI is InChI=1S/C23H28N4O2/c1-26(2)21(17-10-12-18(13-11-17)29-15-16-8-9-16)14-24-22-19-6-4-5-7-20(19)23(28)27(3)25-22/h4-7,10-13,16,21H,8-9,14-15H2,1-3H3,(H,24,25). The van der Waals surface area contributed by atoms with Crippen LogP contribution in [0.15, 0.2) is 53.3 Å². The van der Waals surface area contributed by atoms with Crippen molar-refractivity contribution in [2.45, 2.75) is 18.9 Å². The van der Waals surface area contributed by atoms with E-state index in [2.05, 4.69) is 41.5 Å². The van der Waals surface area contributed by atoms with Gasteiger partial charge in [0, 0.05) is 19.0 Å². The minimum Gasteiger partial charge on any atom is -0.493 e. The van der Waals surface area contributed by atoms with Gasteiger partial charge >= 0.3 is 0 Å². The first-order valence-electron chi connectivity index (χ1n) is 10.1. The molecule has 152 valence electrons. The molecule has 1 N–H and O–H groups in total. The summed E-state index contributed by atoms with van der Waals surface area (Å²) in [5, 5.41) is 9.41. The van der Waals surface area contributed by atoms with Crippen LogP contribution in [0.1, 0.15) is 24.4 Å². The van der Waals surface area contributed by atoms with Crippen molar-refractivity contribution >= 4 is 16.6 Å². The highest BCUT2D eigenvalue weighted by Gasteiger charge is 2.22. The fraction of sp³-hybridized carbons (Fsp3) is 0.391. The van der Waals surface area contributed by atoms with Gasteiger partial charge in [0.15, 0.2) is 5.82 Å². The van der Waals surface area contributed by atoms with E-state index in [1.807, 2.05) is 36.4 Å². The maximum absolute atomic E-state index is 12.3. The number of benzene rings is 2. The maximum Gasteiger partial charge on any atom is 0.274 e. The normalized spacial score (nSPS) is 14.9. The smallest absolute Gasteiger partial charge is 0.274 e. The highest BCUT2D eigenvalue weighted by atomic mass is 16.5. The molecule has 0 bridgehead atoms. The van der Waals surface area contributed by atoms with Crippen LogP contribution in [0, 0.1) is 5.92 Å². The number of aromatic nitrogens is 2. The largest absolute Gasteiger partial charge is 0.493 e. The Labute approximate surface area is 171 Å². The molecule has 0 amide bonds. The van der Waals surface area contributed by atoms with E-state index in [4.69, 9.17) is 4.74 Å². The van der Waals surface area contributed by atoms with Crippen LogP contribution in [0.5, 0.6) is 5.75 Å². The molecule has 6 nitrogen and oxygen atoms in total. The number of fused-ring (bicyclic) bond motifs is 1. The first-order chi connectivity index (χ1) is 14.0. The number of anilines is 1. The number of hydrogen-bond donors (Lipinski definition) is 1. The second kappa shape index (κ2) is 8.25. The summed E-state index contributed by atoms with van der Waals surface area (Å²) in [5.41, 5.74) is 1.12. The fourth-order valence-corrected chi connectivity index (χ4v) is 3.51. The maximum atomic E-state index is 12.3. The molecule has 1 unspecified atom stereocenters. The van der Waals surface area contributed by atoms with Gasteiger partial charge in [-0.2, -0.15) is 5.10 Å². The number of nitrogens with zero attached hydrogens (tertiary/aromatic N) is 3. The lowest BCUT2D eigenvalue weighted by Crippen LogP contribution is -2.28. The Hall–Kier alpha value is -2.86. The molecular formula is C23H28N4O2. The summed E-state index contributed by atoms with van der Waals surface area (Å²) in [6, 6.07) is 16.1. The summed E-state index contributed by atoms with van der Waals surface area (Å²) in [5.74, 6) is 2.40. The Bertz CT molecular complexity index is 1040. The van der Waals surface area contributed by atoms with Crippen molar-refractivity contribution in [3.63, 3.8) is 0 Å². The summed E-state index contributed by atoms with van der Waals surface area (Å²) < 4.78 is 7.25. The topological polar surface area (TPSA) is 59.4 Å². The summed E-state index contributed by atoms with van der Waals surface area (Å²) in [6.45, 7) is 1.49. The van der Waals surface area contributed by atoms with Crippen LogP contribution >= 0.6 is 0 Å². The molecule has 1 aromatic heterocycles. The summed E-state index contributed by atoms with van der Waals surface area (Å²) in [4.78, 5) is 14.5. The Kier molecular flexibility index (Phi) is 5.53. The van der Waals surface area contributed by atoms with E-state index in [0.717, 1.165) is 29.5 Å². The molecule has 6 heteroatoms. The zero-order chi connectivity index (χ0) is 20.4. The monoisotopic (exact) mass is 392 g/mol. The third kappa shape index (κ3) is 4.43. The van der Waals surface area contributed by atoms with Gasteiger partial charge in [-0.3, -0.25) is 4.79 Å². The van der Waals surface area contributed by atoms with E-state index in [1.54, 1.807) is 7.05 Å². The second-order valence-electron chi connectivity index (χ2n) is 8.01. The van der Waals surface area contributed by atoms with E-state index in [-0.39, 0.29) is 11.6 Å². The molecular weight excluding hydrogens is 364 g/mol. The van der Waals surface area contributed by atoms with E-state index >= 15 is 0 Å². The predicted octanol–water partition coefficient (Wildman–Crippen LogP) is 3.44. The molecule has 1 atom stereocenters. The third-order valence-corrected chi connectivity index (χ3v) is 5.49. The molecule has 0 radical (unpaired) electrons. The Balaban J connectivity index is 1.51. The first kappa shape index (κ1) is 19.5. The lowest BCUT2D eigenvalue weighted by atomic mass is 10.1. The van der Waals surface area contributed by atoms with Gasteiger partial charge in [-0.05, 0) is 56.6 Å². The van der Waals surface area contributed by atoms with Crippen molar-refractivity contribution in [1.82, 2.24) is 14.7 Å². The van der Waals surface area contributed by atoms with Gasteiger partial charge in [-0.1, -0.05) is 30.3 Å². The Morgan fingerprint density at radius 1 is 1.14 bits per heavy atom.